The van der Waals surface area contributed by atoms with E-state index in [1.165, 1.54) is 56.9 Å². The molecule has 0 aromatic heterocycles. The largest absolute Gasteiger partial charge is 0.345 e. The second kappa shape index (κ2) is 9.42. The quantitative estimate of drug-likeness (QED) is 0.393. The molecule has 8 atom stereocenters. The summed E-state index contributed by atoms with van der Waals surface area (Å²) in [5, 5.41) is 3.58. The average Bonchev–Trinajstić information content (AvgIpc) is 3.47. The number of carbonyl (C=O) groups excluding carboxylic acids is 2. The van der Waals surface area contributed by atoms with Crippen molar-refractivity contribution in [2.45, 2.75) is 132 Å². The molecule has 224 valence electrons. The van der Waals surface area contributed by atoms with E-state index < -0.39 is 5.54 Å². The molecule has 4 nitrogen and oxygen atoms in total. The van der Waals surface area contributed by atoms with Crippen molar-refractivity contribution in [2.24, 2.45) is 51.2 Å². The third kappa shape index (κ3) is 3.85. The highest BCUT2D eigenvalue weighted by atomic mass is 16.2. The molecular formula is C36H58N2O2. The van der Waals surface area contributed by atoms with Gasteiger partial charge in [0, 0.05) is 6.42 Å². The standard InChI is InChI=1S/C36H58N2O2/c1-23(2)30-26(39)21-36(37-29(40)22-38-19-9-10-20-38)18-17-34(7)25(31(30)36)11-12-28-33(6)15-13-24(3)32(4,5)27(33)14-16-35(28,34)8/h23-25,27-28H,9-22H2,1-8H3,(H,37,40)/t24?,25?,27?,28?,33-,34+,35?,36?/m0/s1. The number of nitrogens with one attached hydrogen (secondary N) is 1. The Morgan fingerprint density at radius 1 is 0.900 bits per heavy atom. The molecule has 6 aliphatic rings. The lowest BCUT2D eigenvalue weighted by atomic mass is 9.33. The van der Waals surface area contributed by atoms with Crippen LogP contribution in [0.4, 0.5) is 0 Å². The minimum Gasteiger partial charge on any atom is -0.345 e. The van der Waals surface area contributed by atoms with E-state index in [4.69, 9.17) is 0 Å². The van der Waals surface area contributed by atoms with Crippen LogP contribution >= 0.6 is 0 Å². The molecule has 0 aromatic carbocycles. The summed E-state index contributed by atoms with van der Waals surface area (Å²) >= 11 is 0. The molecule has 1 saturated heterocycles. The molecule has 1 N–H and O–H groups in total. The van der Waals surface area contributed by atoms with E-state index in [9.17, 15) is 9.59 Å². The molecule has 6 unspecified atom stereocenters. The number of carbonyl (C=O) groups is 2. The lowest BCUT2D eigenvalue weighted by molar-refractivity contribution is -0.218. The summed E-state index contributed by atoms with van der Waals surface area (Å²) in [7, 11) is 0. The molecule has 0 radical (unpaired) electrons. The van der Waals surface area contributed by atoms with Crippen LogP contribution in [0.3, 0.4) is 0 Å². The van der Waals surface area contributed by atoms with Crippen LogP contribution in [0.2, 0.25) is 0 Å². The van der Waals surface area contributed by atoms with Crippen molar-refractivity contribution in [3.8, 4) is 0 Å². The fraction of sp³-hybridized carbons (Fsp3) is 0.889. The first-order chi connectivity index (χ1) is 18.7. The molecule has 5 fully saturated rings. The van der Waals surface area contributed by atoms with Gasteiger partial charge in [-0.25, -0.2) is 0 Å². The molecule has 0 aromatic rings. The maximum Gasteiger partial charge on any atom is 0.234 e. The van der Waals surface area contributed by atoms with Crippen molar-refractivity contribution in [3.05, 3.63) is 11.1 Å². The number of rotatable bonds is 4. The zero-order valence-electron chi connectivity index (χ0n) is 27.0. The Labute approximate surface area is 244 Å². The lowest BCUT2D eigenvalue weighted by Gasteiger charge is -2.72. The molecule has 1 amide bonds. The van der Waals surface area contributed by atoms with E-state index in [1.54, 1.807) is 0 Å². The van der Waals surface area contributed by atoms with Crippen molar-refractivity contribution in [3.63, 3.8) is 0 Å². The maximum atomic E-state index is 13.8. The average molecular weight is 551 g/mol. The molecule has 4 heteroatoms. The van der Waals surface area contributed by atoms with Crippen LogP contribution < -0.4 is 5.32 Å². The smallest absolute Gasteiger partial charge is 0.234 e. The Hall–Kier alpha value is -1.16. The van der Waals surface area contributed by atoms with Crippen LogP contribution in [-0.4, -0.2) is 41.8 Å². The summed E-state index contributed by atoms with van der Waals surface area (Å²) < 4.78 is 0. The Balaban J connectivity index is 1.37. The number of hydrogen-bond acceptors (Lipinski definition) is 3. The molecule has 1 aliphatic heterocycles. The van der Waals surface area contributed by atoms with Crippen LogP contribution in [0.5, 0.6) is 0 Å². The first-order valence-electron chi connectivity index (χ1n) is 17.0. The number of allylic oxidation sites excluding steroid dienone is 1. The molecule has 0 bridgehead atoms. The molecule has 1 heterocycles. The number of nitrogens with zero attached hydrogens (tertiary/aromatic N) is 1. The normalized spacial score (nSPS) is 46.6. The second-order valence-electron chi connectivity index (χ2n) is 17.1. The highest BCUT2D eigenvalue weighted by molar-refractivity contribution is 6.02. The minimum atomic E-state index is -0.454. The van der Waals surface area contributed by atoms with Crippen molar-refractivity contribution in [1.82, 2.24) is 10.2 Å². The third-order valence-electron chi connectivity index (χ3n) is 14.9. The zero-order valence-corrected chi connectivity index (χ0v) is 27.0. The molecule has 0 spiro atoms. The van der Waals surface area contributed by atoms with Gasteiger partial charge in [-0.1, -0.05) is 55.4 Å². The molecular weight excluding hydrogens is 492 g/mol. The monoisotopic (exact) mass is 550 g/mol. The summed E-state index contributed by atoms with van der Waals surface area (Å²) in [6, 6.07) is 0. The molecule has 4 saturated carbocycles. The van der Waals surface area contributed by atoms with Crippen LogP contribution in [-0.2, 0) is 9.59 Å². The topological polar surface area (TPSA) is 49.4 Å². The Kier molecular flexibility index (Phi) is 6.81. The summed E-state index contributed by atoms with van der Waals surface area (Å²) in [4.78, 5) is 29.6. The number of likely N-dealkylation sites (tertiary alicyclic amines) is 1. The Bertz CT molecular complexity index is 1100. The number of ketones is 1. The number of amides is 1. The van der Waals surface area contributed by atoms with Crippen LogP contribution in [0.25, 0.3) is 0 Å². The summed E-state index contributed by atoms with van der Waals surface area (Å²) in [5.74, 6) is 3.38. The highest BCUT2D eigenvalue weighted by Crippen LogP contribution is 2.76. The van der Waals surface area contributed by atoms with E-state index >= 15 is 0 Å². The predicted octanol–water partition coefficient (Wildman–Crippen LogP) is 7.57. The van der Waals surface area contributed by atoms with Gasteiger partial charge in [0.15, 0.2) is 5.78 Å². The van der Waals surface area contributed by atoms with Crippen LogP contribution in [0.1, 0.15) is 126 Å². The van der Waals surface area contributed by atoms with Crippen molar-refractivity contribution in [1.29, 1.82) is 0 Å². The van der Waals surface area contributed by atoms with Crippen LogP contribution in [0.15, 0.2) is 11.1 Å². The van der Waals surface area contributed by atoms with Gasteiger partial charge in [-0.05, 0) is 140 Å². The van der Waals surface area contributed by atoms with Gasteiger partial charge in [-0.15, -0.1) is 0 Å². The summed E-state index contributed by atoms with van der Waals surface area (Å²) in [5.41, 5.74) is 3.23. The van der Waals surface area contributed by atoms with E-state index in [-0.39, 0.29) is 22.7 Å². The minimum absolute atomic E-state index is 0.132. The fourth-order valence-electron chi connectivity index (χ4n) is 12.4. The van der Waals surface area contributed by atoms with E-state index in [2.05, 4.69) is 65.6 Å². The Morgan fingerprint density at radius 2 is 1.60 bits per heavy atom. The second-order valence-corrected chi connectivity index (χ2v) is 17.1. The predicted molar refractivity (Wildman–Crippen MR) is 163 cm³/mol. The molecule has 6 rings (SSSR count). The fourth-order valence-corrected chi connectivity index (χ4v) is 12.4. The molecule has 40 heavy (non-hydrogen) atoms. The van der Waals surface area contributed by atoms with Crippen LogP contribution in [0, 0.1) is 51.2 Å². The number of hydrogen-bond donors (Lipinski definition) is 1. The summed E-state index contributed by atoms with van der Waals surface area (Å²) in [6.07, 6.45) is 12.8. The number of fused-ring (bicyclic) bond motifs is 7. The highest BCUT2D eigenvalue weighted by Gasteiger charge is 2.69. The van der Waals surface area contributed by atoms with Gasteiger partial charge in [-0.2, -0.15) is 0 Å². The van der Waals surface area contributed by atoms with Crippen molar-refractivity contribution in [2.75, 3.05) is 19.6 Å². The maximum absolute atomic E-state index is 13.8. The zero-order chi connectivity index (χ0) is 28.9. The number of Topliss-reactive ketones (excluding diaryl/α,β-unsaturated/α-hetero) is 1. The van der Waals surface area contributed by atoms with Gasteiger partial charge < -0.3 is 5.32 Å². The lowest BCUT2D eigenvalue weighted by Crippen LogP contribution is -2.67. The first-order valence-corrected chi connectivity index (χ1v) is 17.0. The van der Waals surface area contributed by atoms with Crippen molar-refractivity contribution >= 4 is 11.7 Å². The van der Waals surface area contributed by atoms with Gasteiger partial charge in [0.05, 0.1) is 12.1 Å². The SMILES string of the molecule is CC(C)C1=C2C3CCC4C(C)(CCC5C(C)(C)C(C)CC[C@@]54C)[C@]3(C)CCC2(NC(=O)CN2CCCC2)CC1=O. The Morgan fingerprint density at radius 3 is 2.27 bits per heavy atom. The third-order valence-corrected chi connectivity index (χ3v) is 14.9. The first kappa shape index (κ1) is 28.9. The van der Waals surface area contributed by atoms with E-state index in [0.717, 1.165) is 49.3 Å². The molecule has 5 aliphatic carbocycles. The van der Waals surface area contributed by atoms with Crippen molar-refractivity contribution < 1.29 is 9.59 Å². The van der Waals surface area contributed by atoms with Gasteiger partial charge in [0.2, 0.25) is 5.91 Å². The van der Waals surface area contributed by atoms with Gasteiger partial charge in [0.1, 0.15) is 0 Å². The summed E-state index contributed by atoms with van der Waals surface area (Å²) in [6.45, 7) is 22.6. The van der Waals surface area contributed by atoms with Gasteiger partial charge in [-0.3, -0.25) is 14.5 Å². The van der Waals surface area contributed by atoms with Gasteiger partial charge >= 0.3 is 0 Å². The van der Waals surface area contributed by atoms with E-state index in [0.29, 0.717) is 35.5 Å². The van der Waals surface area contributed by atoms with E-state index in [1.807, 2.05) is 0 Å². The van der Waals surface area contributed by atoms with Gasteiger partial charge in [0.25, 0.3) is 0 Å².